The Morgan fingerprint density at radius 1 is 1.11 bits per heavy atom. The van der Waals surface area contributed by atoms with Crippen molar-refractivity contribution in [3.63, 3.8) is 0 Å². The first-order valence-electron chi connectivity index (χ1n) is 8.71. The maximum Gasteiger partial charge on any atom is 0.276 e. The molecule has 0 unspecified atom stereocenters. The largest absolute Gasteiger partial charge is 0.483 e. The predicted molar refractivity (Wildman–Crippen MR) is 113 cm³/mol. The fourth-order valence-corrected chi connectivity index (χ4v) is 2.87. The van der Waals surface area contributed by atoms with Crippen LogP contribution in [-0.2, 0) is 9.59 Å². The van der Waals surface area contributed by atoms with E-state index in [0.717, 1.165) is 11.1 Å². The Labute approximate surface area is 174 Å². The molecule has 0 bridgehead atoms. The van der Waals surface area contributed by atoms with Crippen LogP contribution in [0.2, 0.25) is 10.0 Å². The summed E-state index contributed by atoms with van der Waals surface area (Å²) in [7, 11) is 0. The summed E-state index contributed by atoms with van der Waals surface area (Å²) in [5, 5.41) is 0.932. The van der Waals surface area contributed by atoms with Crippen LogP contribution in [0.3, 0.4) is 0 Å². The van der Waals surface area contributed by atoms with E-state index < -0.39 is 11.8 Å². The van der Waals surface area contributed by atoms with Crippen LogP contribution in [0.1, 0.15) is 36.5 Å². The Balaban J connectivity index is 1.85. The van der Waals surface area contributed by atoms with Gasteiger partial charge in [-0.25, -0.2) is 0 Å². The number of hydrogen-bond acceptors (Lipinski definition) is 3. The van der Waals surface area contributed by atoms with Crippen molar-refractivity contribution in [3.8, 4) is 5.75 Å². The maximum absolute atomic E-state index is 11.9. The van der Waals surface area contributed by atoms with Gasteiger partial charge in [-0.2, -0.15) is 0 Å². The van der Waals surface area contributed by atoms with Crippen LogP contribution in [0.4, 0.5) is 0 Å². The SMILES string of the molecule is Cc1ccc(C(C)C)c(OCC(=O)NNC(=O)/C=C/c2ccc(Cl)cc2Cl)c1. The smallest absolute Gasteiger partial charge is 0.276 e. The summed E-state index contributed by atoms with van der Waals surface area (Å²) in [5.41, 5.74) is 7.30. The number of aryl methyl sites for hydroxylation is 1. The zero-order chi connectivity index (χ0) is 20.7. The lowest BCUT2D eigenvalue weighted by molar-refractivity contribution is -0.128. The van der Waals surface area contributed by atoms with Crippen molar-refractivity contribution in [2.45, 2.75) is 26.7 Å². The van der Waals surface area contributed by atoms with E-state index in [1.165, 1.54) is 12.2 Å². The number of rotatable bonds is 6. The van der Waals surface area contributed by atoms with Crippen LogP contribution < -0.4 is 15.6 Å². The molecule has 2 aromatic rings. The molecule has 0 aliphatic carbocycles. The number of hydrazine groups is 1. The molecular weight excluding hydrogens is 399 g/mol. The van der Waals surface area contributed by atoms with E-state index in [1.807, 2.05) is 25.1 Å². The van der Waals surface area contributed by atoms with E-state index in [9.17, 15) is 9.59 Å². The molecule has 0 fully saturated rings. The summed E-state index contributed by atoms with van der Waals surface area (Å²) in [5.74, 6) is -0.0442. The van der Waals surface area contributed by atoms with E-state index in [1.54, 1.807) is 18.2 Å². The van der Waals surface area contributed by atoms with E-state index in [0.29, 0.717) is 21.4 Å². The molecule has 7 heteroatoms. The number of ether oxygens (including phenoxy) is 1. The summed E-state index contributed by atoms with van der Waals surface area (Å²) in [6.07, 6.45) is 2.78. The molecule has 5 nitrogen and oxygen atoms in total. The Kier molecular flexibility index (Phi) is 7.91. The highest BCUT2D eigenvalue weighted by molar-refractivity contribution is 6.35. The molecule has 0 radical (unpaired) electrons. The summed E-state index contributed by atoms with van der Waals surface area (Å²) in [4.78, 5) is 23.8. The van der Waals surface area contributed by atoms with Crippen molar-refractivity contribution >= 4 is 41.1 Å². The monoisotopic (exact) mass is 420 g/mol. The molecule has 28 heavy (non-hydrogen) atoms. The minimum Gasteiger partial charge on any atom is -0.483 e. The highest BCUT2D eigenvalue weighted by atomic mass is 35.5. The van der Waals surface area contributed by atoms with Crippen LogP contribution in [-0.4, -0.2) is 18.4 Å². The second-order valence-corrected chi connectivity index (χ2v) is 7.36. The van der Waals surface area contributed by atoms with Gasteiger partial charge in [-0.05, 0) is 53.8 Å². The van der Waals surface area contributed by atoms with Gasteiger partial charge >= 0.3 is 0 Å². The molecule has 2 amide bonds. The minimum atomic E-state index is -0.502. The first-order chi connectivity index (χ1) is 13.3. The van der Waals surface area contributed by atoms with Crippen LogP contribution in [0.5, 0.6) is 5.75 Å². The van der Waals surface area contributed by atoms with Gasteiger partial charge in [0.05, 0.1) is 0 Å². The zero-order valence-electron chi connectivity index (χ0n) is 15.9. The summed E-state index contributed by atoms with van der Waals surface area (Å²) in [6, 6.07) is 10.8. The summed E-state index contributed by atoms with van der Waals surface area (Å²) >= 11 is 11.9. The van der Waals surface area contributed by atoms with Gasteiger partial charge in [-0.15, -0.1) is 0 Å². The Hall–Kier alpha value is -2.50. The first-order valence-corrected chi connectivity index (χ1v) is 9.47. The second kappa shape index (κ2) is 10.2. The molecule has 0 saturated carbocycles. The first kappa shape index (κ1) is 21.8. The molecule has 0 aromatic heterocycles. The highest BCUT2D eigenvalue weighted by Gasteiger charge is 2.10. The van der Waals surface area contributed by atoms with Gasteiger partial charge in [0.1, 0.15) is 5.75 Å². The third-order valence-electron chi connectivity index (χ3n) is 3.85. The molecule has 0 heterocycles. The Bertz CT molecular complexity index is 895. The van der Waals surface area contributed by atoms with Crippen molar-refractivity contribution < 1.29 is 14.3 Å². The van der Waals surface area contributed by atoms with Crippen molar-refractivity contribution in [1.29, 1.82) is 0 Å². The second-order valence-electron chi connectivity index (χ2n) is 6.52. The average Bonchev–Trinajstić information content (AvgIpc) is 2.63. The molecule has 148 valence electrons. The Morgan fingerprint density at radius 3 is 2.54 bits per heavy atom. The third kappa shape index (κ3) is 6.59. The lowest BCUT2D eigenvalue weighted by Crippen LogP contribution is -2.43. The van der Waals surface area contributed by atoms with Crippen LogP contribution in [0.25, 0.3) is 6.08 Å². The van der Waals surface area contributed by atoms with Crippen molar-refractivity contribution in [3.05, 3.63) is 69.2 Å². The third-order valence-corrected chi connectivity index (χ3v) is 4.41. The lowest BCUT2D eigenvalue weighted by atomic mass is 10.0. The fraction of sp³-hybridized carbons (Fsp3) is 0.238. The molecule has 2 aromatic carbocycles. The fourth-order valence-electron chi connectivity index (χ4n) is 2.40. The molecule has 0 aliphatic rings. The van der Waals surface area contributed by atoms with E-state index in [4.69, 9.17) is 27.9 Å². The van der Waals surface area contributed by atoms with Gasteiger partial charge in [0, 0.05) is 16.1 Å². The Morgan fingerprint density at radius 2 is 1.86 bits per heavy atom. The number of benzene rings is 2. The number of carbonyl (C=O) groups is 2. The van der Waals surface area contributed by atoms with Gasteiger partial charge in [0.25, 0.3) is 11.8 Å². The zero-order valence-corrected chi connectivity index (χ0v) is 17.4. The van der Waals surface area contributed by atoms with Gasteiger partial charge in [-0.1, -0.05) is 55.2 Å². The molecule has 0 saturated heterocycles. The number of hydrogen-bond donors (Lipinski definition) is 2. The van der Waals surface area contributed by atoms with Gasteiger partial charge in [0.15, 0.2) is 6.61 Å². The molecule has 2 rings (SSSR count). The van der Waals surface area contributed by atoms with Crippen molar-refractivity contribution in [2.24, 2.45) is 0 Å². The predicted octanol–water partition coefficient (Wildman–Crippen LogP) is 4.66. The summed E-state index contributed by atoms with van der Waals surface area (Å²) in [6.45, 7) is 5.85. The number of nitrogens with one attached hydrogen (secondary N) is 2. The average molecular weight is 421 g/mol. The molecule has 0 aliphatic heterocycles. The molecule has 0 spiro atoms. The highest BCUT2D eigenvalue weighted by Crippen LogP contribution is 2.27. The van der Waals surface area contributed by atoms with Gasteiger partial charge < -0.3 is 4.74 Å². The van der Waals surface area contributed by atoms with E-state index >= 15 is 0 Å². The van der Waals surface area contributed by atoms with E-state index in [2.05, 4.69) is 24.7 Å². The minimum absolute atomic E-state index is 0.212. The van der Waals surface area contributed by atoms with Crippen LogP contribution >= 0.6 is 23.2 Å². The number of amides is 2. The molecular formula is C21H22Cl2N2O3. The van der Waals surface area contributed by atoms with Crippen LogP contribution in [0, 0.1) is 6.92 Å². The topological polar surface area (TPSA) is 67.4 Å². The maximum atomic E-state index is 11.9. The lowest BCUT2D eigenvalue weighted by Gasteiger charge is -2.14. The van der Waals surface area contributed by atoms with E-state index in [-0.39, 0.29) is 12.5 Å². The normalized spacial score (nSPS) is 10.9. The van der Waals surface area contributed by atoms with Crippen LogP contribution in [0.15, 0.2) is 42.5 Å². The van der Waals surface area contributed by atoms with Crippen molar-refractivity contribution in [1.82, 2.24) is 10.9 Å². The number of halogens is 2. The van der Waals surface area contributed by atoms with Gasteiger partial charge in [-0.3, -0.25) is 20.4 Å². The quantitative estimate of drug-likeness (QED) is 0.527. The summed E-state index contributed by atoms with van der Waals surface area (Å²) < 4.78 is 5.62. The molecule has 2 N–H and O–H groups in total. The standard InChI is InChI=1S/C21H22Cl2N2O3/c1-13(2)17-8-4-14(3)10-19(17)28-12-21(27)25-24-20(26)9-6-15-5-7-16(22)11-18(15)23/h4-11,13H,12H2,1-3H3,(H,24,26)(H,25,27)/b9-6+. The van der Waals surface area contributed by atoms with Crippen molar-refractivity contribution in [2.75, 3.05) is 6.61 Å². The molecule has 0 atom stereocenters. The number of carbonyl (C=O) groups excluding carboxylic acids is 2. The van der Waals surface area contributed by atoms with Gasteiger partial charge in [0.2, 0.25) is 0 Å².